The Morgan fingerprint density at radius 1 is 0.579 bits per heavy atom. The van der Waals surface area contributed by atoms with Crippen molar-refractivity contribution in [3.05, 3.63) is 71.3 Å². The molecule has 0 bridgehead atoms. The van der Waals surface area contributed by atoms with Crippen LogP contribution in [0.2, 0.25) is 0 Å². The quantitative estimate of drug-likeness (QED) is 0.564. The van der Waals surface area contributed by atoms with Gasteiger partial charge in [0.25, 0.3) is 0 Å². The van der Waals surface area contributed by atoms with Crippen LogP contribution in [0, 0.1) is 0 Å². The number of rotatable bonds is 2. The molecule has 2 aromatic rings. The molecule has 2 rings (SSSR count). The molecule has 0 spiro atoms. The summed E-state index contributed by atoms with van der Waals surface area (Å²) < 4.78 is -2.86. The first-order chi connectivity index (χ1) is 8.83. The van der Waals surface area contributed by atoms with Crippen LogP contribution in [0.1, 0.15) is 16.7 Å². The van der Waals surface area contributed by atoms with Gasteiger partial charge in [0.1, 0.15) is 0 Å². The Bertz CT molecular complexity index is 558. The number of hydrogen-bond acceptors (Lipinski definition) is 0. The first-order valence-corrected chi connectivity index (χ1v) is 7.32. The molecule has 0 saturated carbocycles. The van der Waals surface area contributed by atoms with E-state index in [0.29, 0.717) is 11.1 Å². The molecule has 0 heterocycles. The smallest absolute Gasteiger partial charge is 0.0909 e. The molecule has 0 aliphatic rings. The van der Waals surface area contributed by atoms with Gasteiger partial charge >= 0.3 is 0 Å². The standard InChI is InChI=1S/C14H9Cl5/c15-13(16,10-6-2-1-3-7-10)11-8-4-5-9-12(11)14(17,18)19/h1-9H. The number of benzene rings is 2. The van der Waals surface area contributed by atoms with E-state index in [1.165, 1.54) is 0 Å². The van der Waals surface area contributed by atoms with E-state index in [-0.39, 0.29) is 0 Å². The SMILES string of the molecule is ClC(Cl)(Cl)c1ccccc1C(Cl)(Cl)c1ccccc1. The van der Waals surface area contributed by atoms with E-state index in [2.05, 4.69) is 0 Å². The maximum atomic E-state index is 6.49. The summed E-state index contributed by atoms with van der Waals surface area (Å²) in [7, 11) is 0. The topological polar surface area (TPSA) is 0 Å². The molecule has 0 radical (unpaired) electrons. The Morgan fingerprint density at radius 2 is 1.05 bits per heavy atom. The summed E-state index contributed by atoms with van der Waals surface area (Å²) >= 11 is 30.9. The monoisotopic (exact) mass is 352 g/mol. The fourth-order valence-corrected chi connectivity index (χ4v) is 2.88. The van der Waals surface area contributed by atoms with Crippen LogP contribution in [-0.2, 0) is 8.13 Å². The summed E-state index contributed by atoms with van der Waals surface area (Å²) in [6, 6.07) is 16.3. The van der Waals surface area contributed by atoms with Crippen molar-refractivity contribution in [2.75, 3.05) is 0 Å². The van der Waals surface area contributed by atoms with Gasteiger partial charge in [0.2, 0.25) is 3.79 Å². The van der Waals surface area contributed by atoms with Crippen molar-refractivity contribution in [1.29, 1.82) is 0 Å². The van der Waals surface area contributed by atoms with Gasteiger partial charge in [0.15, 0.2) is 4.33 Å². The van der Waals surface area contributed by atoms with Crippen LogP contribution in [0.25, 0.3) is 0 Å². The minimum atomic E-state index is -1.58. The Labute approximate surface area is 137 Å². The number of halogens is 5. The Hall–Kier alpha value is -0.110. The van der Waals surface area contributed by atoms with Gasteiger partial charge in [0.05, 0.1) is 0 Å². The zero-order chi connectivity index (χ0) is 14.1. The molecule has 0 unspecified atom stereocenters. The highest BCUT2D eigenvalue weighted by atomic mass is 35.6. The Kier molecular flexibility index (Phi) is 4.59. The lowest BCUT2D eigenvalue weighted by Crippen LogP contribution is -2.18. The molecule has 0 atom stereocenters. The second-order valence-corrected chi connectivity index (χ2v) is 7.59. The van der Waals surface area contributed by atoms with E-state index in [1.54, 1.807) is 24.3 Å². The highest BCUT2D eigenvalue weighted by Crippen LogP contribution is 2.48. The molecule has 0 amide bonds. The van der Waals surface area contributed by atoms with E-state index >= 15 is 0 Å². The van der Waals surface area contributed by atoms with Gasteiger partial charge < -0.3 is 0 Å². The van der Waals surface area contributed by atoms with Crippen LogP contribution in [0.15, 0.2) is 54.6 Å². The van der Waals surface area contributed by atoms with Gasteiger partial charge in [-0.05, 0) is 11.1 Å². The van der Waals surface area contributed by atoms with Gasteiger partial charge in [-0.25, -0.2) is 0 Å². The summed E-state index contributed by atoms with van der Waals surface area (Å²) in [6.07, 6.45) is 0. The molecule has 0 N–H and O–H groups in total. The van der Waals surface area contributed by atoms with Gasteiger partial charge in [-0.15, -0.1) is 0 Å². The third-order valence-electron chi connectivity index (χ3n) is 2.71. The summed E-state index contributed by atoms with van der Waals surface area (Å²) in [5.41, 5.74) is 1.75. The summed E-state index contributed by atoms with van der Waals surface area (Å²) in [5, 5.41) is 0. The maximum absolute atomic E-state index is 6.49. The van der Waals surface area contributed by atoms with Crippen molar-refractivity contribution in [1.82, 2.24) is 0 Å². The Balaban J connectivity index is 2.59. The molecule has 0 aromatic heterocycles. The molecule has 0 nitrogen and oxygen atoms in total. The normalized spacial score (nSPS) is 12.5. The number of alkyl halides is 5. The molecule has 0 fully saturated rings. The largest absolute Gasteiger partial charge is 0.216 e. The van der Waals surface area contributed by atoms with Crippen LogP contribution in [0.3, 0.4) is 0 Å². The summed E-state index contributed by atoms with van der Waals surface area (Å²) in [5.74, 6) is 0. The molecule has 5 heteroatoms. The molecule has 100 valence electrons. The van der Waals surface area contributed by atoms with Gasteiger partial charge in [-0.2, -0.15) is 0 Å². The van der Waals surface area contributed by atoms with Crippen LogP contribution >= 0.6 is 58.0 Å². The van der Waals surface area contributed by atoms with Crippen molar-refractivity contribution in [2.24, 2.45) is 0 Å². The molecule has 0 aliphatic heterocycles. The molecular weight excluding hydrogens is 345 g/mol. The second kappa shape index (κ2) is 5.71. The maximum Gasteiger partial charge on any atom is 0.216 e. The first kappa shape index (κ1) is 15.3. The second-order valence-electron chi connectivity index (χ2n) is 3.98. The average Bonchev–Trinajstić information content (AvgIpc) is 2.39. The fraction of sp³-hybridized carbons (Fsp3) is 0.143. The van der Waals surface area contributed by atoms with Crippen LogP contribution < -0.4 is 0 Å². The minimum absolute atomic E-state index is 0.467. The zero-order valence-corrected chi connectivity index (χ0v) is 13.4. The summed E-state index contributed by atoms with van der Waals surface area (Å²) in [4.78, 5) is 0. The van der Waals surface area contributed by atoms with Crippen LogP contribution in [0.4, 0.5) is 0 Å². The van der Waals surface area contributed by atoms with E-state index in [4.69, 9.17) is 58.0 Å². The lowest BCUT2D eigenvalue weighted by atomic mass is 9.99. The third kappa shape index (κ3) is 3.32. The molecule has 0 saturated heterocycles. The van der Waals surface area contributed by atoms with E-state index in [0.717, 1.165) is 5.56 Å². The minimum Gasteiger partial charge on any atom is -0.0909 e. The number of hydrogen-bond donors (Lipinski definition) is 0. The first-order valence-electron chi connectivity index (χ1n) is 5.43. The van der Waals surface area contributed by atoms with Gasteiger partial charge in [0, 0.05) is 5.56 Å². The highest BCUT2D eigenvalue weighted by molar-refractivity contribution is 6.67. The van der Waals surface area contributed by atoms with Gasteiger partial charge in [-0.3, -0.25) is 0 Å². The van der Waals surface area contributed by atoms with Crippen molar-refractivity contribution in [2.45, 2.75) is 8.13 Å². The lowest BCUT2D eigenvalue weighted by molar-refractivity contribution is 0.993. The predicted octanol–water partition coefficient (Wildman–Crippen LogP) is 6.19. The van der Waals surface area contributed by atoms with Crippen molar-refractivity contribution in [3.63, 3.8) is 0 Å². The van der Waals surface area contributed by atoms with Crippen LogP contribution in [-0.4, -0.2) is 0 Å². The lowest BCUT2D eigenvalue weighted by Gasteiger charge is -2.26. The van der Waals surface area contributed by atoms with E-state index in [1.807, 2.05) is 30.3 Å². The van der Waals surface area contributed by atoms with E-state index in [9.17, 15) is 0 Å². The van der Waals surface area contributed by atoms with Crippen molar-refractivity contribution in [3.8, 4) is 0 Å². The van der Waals surface area contributed by atoms with Crippen LogP contribution in [0.5, 0.6) is 0 Å². The zero-order valence-electron chi connectivity index (χ0n) is 9.59. The predicted molar refractivity (Wildman–Crippen MR) is 84.6 cm³/mol. The van der Waals surface area contributed by atoms with Gasteiger partial charge in [-0.1, -0.05) is 113 Å². The van der Waals surface area contributed by atoms with E-state index < -0.39 is 8.13 Å². The third-order valence-corrected chi connectivity index (χ3v) is 4.16. The summed E-state index contributed by atoms with van der Waals surface area (Å²) in [6.45, 7) is 0. The average molecular weight is 354 g/mol. The highest BCUT2D eigenvalue weighted by Gasteiger charge is 2.36. The molecule has 0 aliphatic carbocycles. The molecule has 19 heavy (non-hydrogen) atoms. The molecule has 2 aromatic carbocycles. The van der Waals surface area contributed by atoms with Crippen molar-refractivity contribution < 1.29 is 0 Å². The fourth-order valence-electron chi connectivity index (χ4n) is 1.81. The Morgan fingerprint density at radius 3 is 1.58 bits per heavy atom. The molecular formula is C14H9Cl5. The van der Waals surface area contributed by atoms with Crippen molar-refractivity contribution >= 4 is 58.0 Å².